The highest BCUT2D eigenvalue weighted by atomic mass is 35.5. The molecule has 0 unspecified atom stereocenters. The van der Waals surface area contributed by atoms with Gasteiger partial charge >= 0.3 is 6.03 Å². The maximum absolute atomic E-state index is 13.3. The lowest BCUT2D eigenvalue weighted by molar-refractivity contribution is -0.117. The number of imide groups is 1. The molecule has 9 heteroatoms. The van der Waals surface area contributed by atoms with Gasteiger partial charge in [0.25, 0.3) is 5.56 Å². The zero-order valence-corrected chi connectivity index (χ0v) is 18.3. The van der Waals surface area contributed by atoms with E-state index in [9.17, 15) is 14.4 Å². The van der Waals surface area contributed by atoms with Crippen LogP contribution in [0.25, 0.3) is 16.6 Å². The molecule has 0 fully saturated rings. The van der Waals surface area contributed by atoms with E-state index in [0.717, 1.165) is 17.3 Å². The van der Waals surface area contributed by atoms with Crippen LogP contribution in [0, 0.1) is 6.92 Å². The van der Waals surface area contributed by atoms with Crippen LogP contribution in [0.15, 0.2) is 52.4 Å². The van der Waals surface area contributed by atoms with E-state index >= 15 is 0 Å². The smallest absolute Gasteiger partial charge is 0.321 e. The molecule has 1 heterocycles. The Labute approximate surface area is 182 Å². The minimum atomic E-state index is -0.565. The Morgan fingerprint density at radius 1 is 1.17 bits per heavy atom. The second-order valence-electron chi connectivity index (χ2n) is 6.90. The predicted octanol–water partition coefficient (Wildman–Crippen LogP) is 3.67. The van der Waals surface area contributed by atoms with Gasteiger partial charge in [0.15, 0.2) is 5.16 Å². The van der Waals surface area contributed by atoms with Gasteiger partial charge in [0, 0.05) is 11.1 Å². The van der Waals surface area contributed by atoms with Gasteiger partial charge in [-0.25, -0.2) is 9.78 Å². The van der Waals surface area contributed by atoms with Gasteiger partial charge < -0.3 is 5.32 Å². The fourth-order valence-electron chi connectivity index (χ4n) is 2.85. The highest BCUT2D eigenvalue weighted by Crippen LogP contribution is 2.26. The summed E-state index contributed by atoms with van der Waals surface area (Å²) in [6.45, 7) is 5.41. The van der Waals surface area contributed by atoms with Crippen molar-refractivity contribution in [2.45, 2.75) is 32.0 Å². The van der Waals surface area contributed by atoms with Gasteiger partial charge in [0.1, 0.15) is 0 Å². The number of hydrogen-bond donors (Lipinski definition) is 2. The van der Waals surface area contributed by atoms with Gasteiger partial charge in [-0.1, -0.05) is 41.6 Å². The molecule has 2 aromatic carbocycles. The molecule has 3 amide bonds. The van der Waals surface area contributed by atoms with E-state index in [4.69, 9.17) is 11.6 Å². The van der Waals surface area contributed by atoms with Gasteiger partial charge in [0.2, 0.25) is 5.91 Å². The number of rotatable bonds is 5. The molecule has 0 bridgehead atoms. The maximum Gasteiger partial charge on any atom is 0.321 e. The van der Waals surface area contributed by atoms with Gasteiger partial charge in [-0.05, 0) is 50.6 Å². The Morgan fingerprint density at radius 2 is 1.90 bits per heavy atom. The normalized spacial score (nSPS) is 11.0. The van der Waals surface area contributed by atoms with Crippen LogP contribution in [0.1, 0.15) is 19.4 Å². The van der Waals surface area contributed by atoms with Crippen molar-refractivity contribution in [2.75, 3.05) is 5.75 Å². The molecule has 3 rings (SSSR count). The second kappa shape index (κ2) is 9.32. The van der Waals surface area contributed by atoms with E-state index in [1.54, 1.807) is 56.3 Å². The van der Waals surface area contributed by atoms with Crippen molar-refractivity contribution in [1.29, 1.82) is 0 Å². The van der Waals surface area contributed by atoms with Crippen molar-refractivity contribution in [1.82, 2.24) is 20.2 Å². The molecule has 3 aromatic rings. The Kier molecular flexibility index (Phi) is 6.79. The van der Waals surface area contributed by atoms with Crippen LogP contribution < -0.4 is 16.2 Å². The number of carbonyl (C=O) groups excluding carboxylic acids is 2. The van der Waals surface area contributed by atoms with E-state index in [1.807, 2.05) is 6.92 Å². The molecule has 0 aliphatic rings. The monoisotopic (exact) mass is 444 g/mol. The molecule has 0 radical (unpaired) electrons. The standard InChI is InChI=1S/C21H21ClN4O3S/c1-12(2)23-20(29)25-18(27)11-30-21-24-16-9-5-4-7-14(16)19(28)26(21)17-10-6-8-15(22)13(17)3/h4-10,12H,11H2,1-3H3,(H2,23,25,27,29). The fraction of sp³-hybridized carbons (Fsp3) is 0.238. The average Bonchev–Trinajstić information content (AvgIpc) is 2.68. The Balaban J connectivity index is 1.99. The van der Waals surface area contributed by atoms with E-state index in [-0.39, 0.29) is 17.4 Å². The molecular formula is C21H21ClN4O3S. The number of para-hydroxylation sites is 1. The molecule has 0 aliphatic carbocycles. The van der Waals surface area contributed by atoms with Gasteiger partial charge in [-0.15, -0.1) is 0 Å². The van der Waals surface area contributed by atoms with Crippen molar-refractivity contribution in [3.63, 3.8) is 0 Å². The topological polar surface area (TPSA) is 93.1 Å². The third-order valence-electron chi connectivity index (χ3n) is 4.23. The summed E-state index contributed by atoms with van der Waals surface area (Å²) in [4.78, 5) is 41.8. The van der Waals surface area contributed by atoms with Crippen LogP contribution in [-0.4, -0.2) is 33.3 Å². The fourth-order valence-corrected chi connectivity index (χ4v) is 3.83. The first-order chi connectivity index (χ1) is 14.3. The first-order valence-corrected chi connectivity index (χ1v) is 10.6. The Morgan fingerprint density at radius 3 is 2.63 bits per heavy atom. The minimum Gasteiger partial charge on any atom is -0.336 e. The van der Waals surface area contributed by atoms with Crippen molar-refractivity contribution in [2.24, 2.45) is 0 Å². The van der Waals surface area contributed by atoms with Gasteiger partial charge in [-0.3, -0.25) is 19.5 Å². The number of hydrogen-bond acceptors (Lipinski definition) is 5. The summed E-state index contributed by atoms with van der Waals surface area (Å²) in [5.41, 5.74) is 1.58. The molecule has 0 saturated carbocycles. The number of urea groups is 1. The first-order valence-electron chi connectivity index (χ1n) is 9.28. The zero-order chi connectivity index (χ0) is 21.8. The summed E-state index contributed by atoms with van der Waals surface area (Å²) < 4.78 is 1.45. The predicted molar refractivity (Wildman–Crippen MR) is 120 cm³/mol. The summed E-state index contributed by atoms with van der Waals surface area (Å²) in [6, 6.07) is 11.6. The molecule has 0 saturated heterocycles. The largest absolute Gasteiger partial charge is 0.336 e. The number of benzene rings is 2. The second-order valence-corrected chi connectivity index (χ2v) is 8.25. The molecule has 0 aliphatic heterocycles. The molecule has 7 nitrogen and oxygen atoms in total. The van der Waals surface area contributed by atoms with E-state index in [1.165, 1.54) is 4.57 Å². The summed E-state index contributed by atoms with van der Waals surface area (Å²) in [7, 11) is 0. The summed E-state index contributed by atoms with van der Waals surface area (Å²) in [6.07, 6.45) is 0. The summed E-state index contributed by atoms with van der Waals surface area (Å²) in [5.74, 6) is -0.578. The van der Waals surface area contributed by atoms with Crippen LogP contribution in [0.3, 0.4) is 0 Å². The van der Waals surface area contributed by atoms with Crippen molar-refractivity contribution in [3.05, 3.63) is 63.4 Å². The number of amides is 3. The summed E-state index contributed by atoms with van der Waals surface area (Å²) >= 11 is 7.33. The van der Waals surface area contributed by atoms with Crippen LogP contribution >= 0.6 is 23.4 Å². The molecule has 1 aromatic heterocycles. The minimum absolute atomic E-state index is 0.0874. The van der Waals surface area contributed by atoms with E-state index < -0.39 is 11.9 Å². The van der Waals surface area contributed by atoms with Crippen molar-refractivity contribution >= 4 is 46.2 Å². The SMILES string of the molecule is Cc1c(Cl)cccc1-n1c(SCC(=O)NC(=O)NC(C)C)nc2ccccc2c1=O. The van der Waals surface area contributed by atoms with Gasteiger partial charge in [0.05, 0.1) is 22.3 Å². The maximum atomic E-state index is 13.3. The first kappa shape index (κ1) is 21.9. The number of nitrogens with one attached hydrogen (secondary N) is 2. The molecule has 156 valence electrons. The van der Waals surface area contributed by atoms with E-state index in [0.29, 0.717) is 26.8 Å². The van der Waals surface area contributed by atoms with Crippen LogP contribution in [-0.2, 0) is 4.79 Å². The lowest BCUT2D eigenvalue weighted by Gasteiger charge is -2.16. The third kappa shape index (κ3) is 4.83. The molecule has 0 spiro atoms. The highest BCUT2D eigenvalue weighted by Gasteiger charge is 2.17. The van der Waals surface area contributed by atoms with Crippen LogP contribution in [0.5, 0.6) is 0 Å². The average molecular weight is 445 g/mol. The van der Waals surface area contributed by atoms with Crippen molar-refractivity contribution < 1.29 is 9.59 Å². The third-order valence-corrected chi connectivity index (χ3v) is 5.58. The number of carbonyl (C=O) groups is 2. The number of fused-ring (bicyclic) bond motifs is 1. The summed E-state index contributed by atoms with van der Waals surface area (Å²) in [5, 5.41) is 6.17. The Hall–Kier alpha value is -2.84. The lowest BCUT2D eigenvalue weighted by Crippen LogP contribution is -2.43. The molecule has 0 atom stereocenters. The highest BCUT2D eigenvalue weighted by molar-refractivity contribution is 7.99. The van der Waals surface area contributed by atoms with Gasteiger partial charge in [-0.2, -0.15) is 0 Å². The number of thioether (sulfide) groups is 1. The number of aromatic nitrogens is 2. The number of nitrogens with zero attached hydrogens (tertiary/aromatic N) is 2. The molecular weight excluding hydrogens is 424 g/mol. The van der Waals surface area contributed by atoms with E-state index in [2.05, 4.69) is 15.6 Å². The van der Waals surface area contributed by atoms with Crippen LogP contribution in [0.4, 0.5) is 4.79 Å². The molecule has 30 heavy (non-hydrogen) atoms. The quantitative estimate of drug-likeness (QED) is 0.462. The van der Waals surface area contributed by atoms with Crippen molar-refractivity contribution in [3.8, 4) is 5.69 Å². The lowest BCUT2D eigenvalue weighted by atomic mass is 10.2. The zero-order valence-electron chi connectivity index (χ0n) is 16.7. The number of halogens is 1. The Bertz CT molecular complexity index is 1180. The van der Waals surface area contributed by atoms with Crippen LogP contribution in [0.2, 0.25) is 5.02 Å². The molecule has 2 N–H and O–H groups in total.